The van der Waals surface area contributed by atoms with E-state index in [-0.39, 0.29) is 49.0 Å². The summed E-state index contributed by atoms with van der Waals surface area (Å²) in [6.07, 6.45) is -2.18. The van der Waals surface area contributed by atoms with Crippen LogP contribution in [0.25, 0.3) is 16.8 Å². The Bertz CT molecular complexity index is 1710. The molecular formula is C30H33F5N8O3. The average molecular weight is 649 g/mol. The highest BCUT2D eigenvalue weighted by molar-refractivity contribution is 6.07. The van der Waals surface area contributed by atoms with Crippen LogP contribution in [0.2, 0.25) is 0 Å². The van der Waals surface area contributed by atoms with Crippen LogP contribution < -0.4 is 21.5 Å². The zero-order valence-electron chi connectivity index (χ0n) is 25.1. The van der Waals surface area contributed by atoms with Crippen molar-refractivity contribution in [2.24, 2.45) is 16.1 Å². The third-order valence-electron chi connectivity index (χ3n) is 8.20. The summed E-state index contributed by atoms with van der Waals surface area (Å²) in [6.45, 7) is 2.50. The van der Waals surface area contributed by atoms with Gasteiger partial charge in [0.2, 0.25) is 5.91 Å². The third kappa shape index (κ3) is 6.20. The molecule has 5 rings (SSSR count). The van der Waals surface area contributed by atoms with E-state index in [0.717, 1.165) is 7.05 Å². The fraction of sp³-hybridized carbons (Fsp3) is 0.433. The number of likely N-dealkylation sites (tertiary alicyclic amines) is 1. The molecule has 1 saturated heterocycles. The van der Waals surface area contributed by atoms with Gasteiger partial charge in [0.15, 0.2) is 0 Å². The van der Waals surface area contributed by atoms with Gasteiger partial charge >= 0.3 is 6.18 Å². The number of alkyl halides is 5. The number of piperidine rings is 1. The molecule has 2 aliphatic rings. The molecule has 246 valence electrons. The predicted molar refractivity (Wildman–Crippen MR) is 159 cm³/mol. The highest BCUT2D eigenvalue weighted by atomic mass is 19.4. The molecule has 2 aromatic heterocycles. The molecule has 46 heavy (non-hydrogen) atoms. The number of aliphatic imine (C=N–C) groups is 1. The summed E-state index contributed by atoms with van der Waals surface area (Å²) in [7, 11) is 1.06. The van der Waals surface area contributed by atoms with Gasteiger partial charge in [-0.1, -0.05) is 0 Å². The fourth-order valence-corrected chi connectivity index (χ4v) is 5.69. The minimum Gasteiger partial charge on any atom is -0.493 e. The molecule has 3 aromatic rings. The Hall–Kier alpha value is -4.76. The van der Waals surface area contributed by atoms with Crippen molar-refractivity contribution in [2.45, 2.75) is 51.1 Å². The number of aromatic nitrogens is 3. The van der Waals surface area contributed by atoms with Crippen LogP contribution in [0.3, 0.4) is 0 Å². The lowest BCUT2D eigenvalue weighted by Gasteiger charge is -2.34. The molecule has 2 amide bonds. The van der Waals surface area contributed by atoms with E-state index in [0.29, 0.717) is 48.1 Å². The van der Waals surface area contributed by atoms with Gasteiger partial charge in [-0.2, -0.15) is 18.2 Å². The number of allylic oxidation sites excluding steroid dienone is 1. The van der Waals surface area contributed by atoms with Crippen LogP contribution in [0, 0.1) is 5.41 Å². The molecule has 11 nitrogen and oxygen atoms in total. The maximum atomic E-state index is 13.7. The van der Waals surface area contributed by atoms with Crippen LogP contribution in [0.5, 0.6) is 5.75 Å². The number of benzene rings is 1. The number of carbonyl (C=O) groups excluding carboxylic acids is 2. The van der Waals surface area contributed by atoms with Gasteiger partial charge in [-0.25, -0.2) is 18.7 Å². The van der Waals surface area contributed by atoms with Gasteiger partial charge in [0.25, 0.3) is 12.3 Å². The quantitative estimate of drug-likeness (QED) is 0.177. The molecule has 3 heterocycles. The highest BCUT2D eigenvalue weighted by Gasteiger charge is 2.59. The number of amidine groups is 1. The summed E-state index contributed by atoms with van der Waals surface area (Å²) in [5.41, 5.74) is 10.4. The summed E-state index contributed by atoms with van der Waals surface area (Å²) in [6, 6.07) is 4.33. The molecule has 0 spiro atoms. The second-order valence-electron chi connectivity index (χ2n) is 11.2. The van der Waals surface area contributed by atoms with Gasteiger partial charge in [0.05, 0.1) is 6.61 Å². The van der Waals surface area contributed by atoms with Crippen molar-refractivity contribution in [3.63, 3.8) is 0 Å². The number of rotatable bonds is 9. The molecule has 1 aliphatic carbocycles. The Morgan fingerprint density at radius 3 is 2.65 bits per heavy atom. The molecule has 1 atom stereocenters. The van der Waals surface area contributed by atoms with E-state index in [1.165, 1.54) is 23.2 Å². The Labute approximate surface area is 260 Å². The standard InChI is InChI=1S/C30H33F5N8O3/c1-3-46-19-13-16(26(44)40-21(36)14-20(38-2)30(33,34)35)6-7-18(19)22-23-24(37)39-10-12-43(23)25(41-22)17-5-4-11-42(15-17)28(45)29(8-9-29)27(31)32/h6-7,10,12-14,17,27,38H,3-5,8-9,11,15H2,1-2H3,(H2,37,39)(H2,36,40,44)/b20-14-/t17-/m1/s1. The van der Waals surface area contributed by atoms with Crippen LogP contribution in [-0.4, -0.2) is 76.3 Å². The first-order chi connectivity index (χ1) is 21.8. The molecular weight excluding hydrogens is 615 g/mol. The van der Waals surface area contributed by atoms with E-state index in [1.807, 2.05) is 5.32 Å². The maximum absolute atomic E-state index is 13.7. The number of imidazole rings is 1. The second kappa shape index (κ2) is 12.6. The molecule has 0 unspecified atom stereocenters. The van der Waals surface area contributed by atoms with E-state index >= 15 is 0 Å². The Balaban J connectivity index is 1.51. The number of carbonyl (C=O) groups is 2. The number of fused-ring (bicyclic) bond motifs is 1. The van der Waals surface area contributed by atoms with Crippen molar-refractivity contribution in [1.29, 1.82) is 0 Å². The molecule has 0 radical (unpaired) electrons. The lowest BCUT2D eigenvalue weighted by molar-refractivity contribution is -0.144. The zero-order chi connectivity index (χ0) is 33.4. The van der Waals surface area contributed by atoms with Crippen molar-refractivity contribution in [1.82, 2.24) is 24.6 Å². The van der Waals surface area contributed by atoms with Gasteiger partial charge in [0.1, 0.15) is 45.6 Å². The van der Waals surface area contributed by atoms with Crippen LogP contribution in [0.4, 0.5) is 27.8 Å². The van der Waals surface area contributed by atoms with Crippen molar-refractivity contribution >= 4 is 29.0 Å². The largest absolute Gasteiger partial charge is 0.493 e. The molecule has 2 fully saturated rings. The monoisotopic (exact) mass is 648 g/mol. The van der Waals surface area contributed by atoms with Crippen LogP contribution in [0.15, 0.2) is 47.4 Å². The summed E-state index contributed by atoms with van der Waals surface area (Å²) < 4.78 is 74.2. The van der Waals surface area contributed by atoms with E-state index in [1.54, 1.807) is 23.6 Å². The Morgan fingerprint density at radius 2 is 2.02 bits per heavy atom. The number of halogens is 5. The number of nitrogens with zero attached hydrogens (tertiary/aromatic N) is 5. The topological polar surface area (TPSA) is 153 Å². The summed E-state index contributed by atoms with van der Waals surface area (Å²) >= 11 is 0. The van der Waals surface area contributed by atoms with E-state index in [4.69, 9.17) is 21.2 Å². The second-order valence-corrected chi connectivity index (χ2v) is 11.2. The van der Waals surface area contributed by atoms with Crippen LogP contribution >= 0.6 is 0 Å². The smallest absolute Gasteiger partial charge is 0.431 e. The van der Waals surface area contributed by atoms with Gasteiger partial charge in [-0.05, 0) is 50.8 Å². The summed E-state index contributed by atoms with van der Waals surface area (Å²) in [5.74, 6) is -1.48. The highest BCUT2D eigenvalue weighted by Crippen LogP contribution is 2.52. The fourth-order valence-electron chi connectivity index (χ4n) is 5.69. The molecule has 16 heteroatoms. The van der Waals surface area contributed by atoms with Gasteiger partial charge in [-0.15, -0.1) is 0 Å². The summed E-state index contributed by atoms with van der Waals surface area (Å²) in [5, 5.41) is 1.97. The number of ether oxygens (including phenoxy) is 1. The maximum Gasteiger partial charge on any atom is 0.431 e. The first-order valence-electron chi connectivity index (χ1n) is 14.6. The zero-order valence-corrected chi connectivity index (χ0v) is 25.1. The summed E-state index contributed by atoms with van der Waals surface area (Å²) in [4.78, 5) is 40.2. The third-order valence-corrected chi connectivity index (χ3v) is 8.20. The van der Waals surface area contributed by atoms with Crippen LogP contribution in [-0.2, 0) is 4.79 Å². The van der Waals surface area contributed by atoms with E-state index in [9.17, 15) is 31.5 Å². The first kappa shape index (κ1) is 32.6. The van der Waals surface area contributed by atoms with Gasteiger partial charge in [-0.3, -0.25) is 14.0 Å². The average Bonchev–Trinajstić information content (AvgIpc) is 3.74. The van der Waals surface area contributed by atoms with Gasteiger partial charge < -0.3 is 26.4 Å². The number of anilines is 1. The number of amides is 2. The van der Waals surface area contributed by atoms with Gasteiger partial charge in [0, 0.05) is 55.7 Å². The lowest BCUT2D eigenvalue weighted by Crippen LogP contribution is -2.45. The molecule has 5 N–H and O–H groups in total. The van der Waals surface area contributed by atoms with Crippen molar-refractivity contribution in [2.75, 3.05) is 32.5 Å². The van der Waals surface area contributed by atoms with Crippen molar-refractivity contribution < 1.29 is 36.3 Å². The molecule has 0 bridgehead atoms. The first-order valence-corrected chi connectivity index (χ1v) is 14.6. The predicted octanol–water partition coefficient (Wildman–Crippen LogP) is 4.29. The normalized spacial score (nSPS) is 18.6. The minimum absolute atomic E-state index is 0.00845. The minimum atomic E-state index is -4.72. The van der Waals surface area contributed by atoms with E-state index < -0.39 is 41.4 Å². The van der Waals surface area contributed by atoms with E-state index in [2.05, 4.69) is 9.98 Å². The SMILES string of the molecule is CCOc1cc(C(=O)N=C(N)/C=C(\NC)C(F)(F)F)ccc1-c1nc([C@@H]2CCCN(C(=O)C3(C(F)F)CC3)C2)n2ccnc(N)c12. The number of nitrogens with one attached hydrogen (secondary N) is 1. The Kier molecular flexibility index (Phi) is 8.91. The van der Waals surface area contributed by atoms with Crippen molar-refractivity contribution in [3.8, 4) is 17.0 Å². The van der Waals surface area contributed by atoms with Crippen molar-refractivity contribution in [3.05, 3.63) is 53.8 Å². The van der Waals surface area contributed by atoms with Crippen LogP contribution in [0.1, 0.15) is 54.7 Å². The number of hydrogen-bond donors (Lipinski definition) is 3. The number of nitrogens with two attached hydrogens (primary N) is 2. The number of hydrogen-bond acceptors (Lipinski definition) is 7. The number of nitrogen functional groups attached to an aromatic ring is 1. The molecule has 1 aliphatic heterocycles. The molecule has 1 saturated carbocycles. The lowest BCUT2D eigenvalue weighted by atomic mass is 9.95. The molecule has 1 aromatic carbocycles. The Morgan fingerprint density at radius 1 is 1.28 bits per heavy atom.